The van der Waals surface area contributed by atoms with Crippen LogP contribution in [0.1, 0.15) is 15.9 Å². The lowest BCUT2D eigenvalue weighted by Gasteiger charge is -2.08. The van der Waals surface area contributed by atoms with Gasteiger partial charge in [-0.15, -0.1) is 0 Å². The summed E-state index contributed by atoms with van der Waals surface area (Å²) >= 11 is 5.87. The van der Waals surface area contributed by atoms with Crippen molar-refractivity contribution in [2.24, 2.45) is 0 Å². The van der Waals surface area contributed by atoms with Crippen molar-refractivity contribution in [2.45, 2.75) is 6.54 Å². The van der Waals surface area contributed by atoms with Crippen molar-refractivity contribution in [3.8, 4) is 5.75 Å². The summed E-state index contributed by atoms with van der Waals surface area (Å²) in [5, 5.41) is 3.40. The molecule has 0 unspecified atom stereocenters. The average molecular weight is 320 g/mol. The molecule has 116 valence electrons. The third-order valence-corrected chi connectivity index (χ3v) is 3.25. The van der Waals surface area contributed by atoms with E-state index in [0.717, 1.165) is 11.3 Å². The second-order valence-electron chi connectivity index (χ2n) is 4.68. The summed E-state index contributed by atoms with van der Waals surface area (Å²) in [5.74, 6) is 0.630. The molecule has 0 atom stereocenters. The second-order valence-corrected chi connectivity index (χ2v) is 5.11. The maximum absolute atomic E-state index is 12.0. The molecule has 0 fully saturated rings. The Kier molecular flexibility index (Phi) is 6.25. The Hall–Kier alpha value is -2.04. The Morgan fingerprint density at radius 3 is 2.59 bits per heavy atom. The number of nitrogens with one attached hydrogen (secondary N) is 1. The normalized spacial score (nSPS) is 10.3. The molecule has 2 aromatic rings. The van der Waals surface area contributed by atoms with Crippen molar-refractivity contribution in [3.63, 3.8) is 0 Å². The van der Waals surface area contributed by atoms with Gasteiger partial charge in [-0.25, -0.2) is 0 Å². The maximum Gasteiger partial charge on any atom is 0.251 e. The van der Waals surface area contributed by atoms with Gasteiger partial charge in [-0.05, 0) is 35.9 Å². The zero-order valence-corrected chi connectivity index (χ0v) is 13.1. The largest absolute Gasteiger partial charge is 0.491 e. The van der Waals surface area contributed by atoms with Gasteiger partial charge in [0.1, 0.15) is 12.4 Å². The van der Waals surface area contributed by atoms with Crippen LogP contribution in [0.3, 0.4) is 0 Å². The minimum atomic E-state index is -0.150. The van der Waals surface area contributed by atoms with Gasteiger partial charge in [-0.1, -0.05) is 29.8 Å². The summed E-state index contributed by atoms with van der Waals surface area (Å²) in [4.78, 5) is 12.0. The van der Waals surface area contributed by atoms with Crippen molar-refractivity contribution in [1.82, 2.24) is 5.32 Å². The summed E-state index contributed by atoms with van der Waals surface area (Å²) in [6, 6.07) is 14.4. The van der Waals surface area contributed by atoms with Crippen LogP contribution < -0.4 is 10.1 Å². The topological polar surface area (TPSA) is 47.6 Å². The van der Waals surface area contributed by atoms with Crippen LogP contribution in [0, 0.1) is 0 Å². The highest BCUT2D eigenvalue weighted by molar-refractivity contribution is 6.30. The van der Waals surface area contributed by atoms with Gasteiger partial charge >= 0.3 is 0 Å². The molecule has 0 bridgehead atoms. The first-order chi connectivity index (χ1) is 10.7. The first-order valence-electron chi connectivity index (χ1n) is 6.93. The molecule has 0 saturated carbocycles. The fourth-order valence-corrected chi connectivity index (χ4v) is 2.05. The number of methoxy groups -OCH3 is 1. The summed E-state index contributed by atoms with van der Waals surface area (Å²) < 4.78 is 10.4. The predicted molar refractivity (Wildman–Crippen MR) is 86.4 cm³/mol. The fraction of sp³-hybridized carbons (Fsp3) is 0.235. The van der Waals surface area contributed by atoms with Gasteiger partial charge in [0.2, 0.25) is 0 Å². The monoisotopic (exact) mass is 319 g/mol. The second kappa shape index (κ2) is 8.41. The third-order valence-electron chi connectivity index (χ3n) is 3.02. The zero-order valence-electron chi connectivity index (χ0n) is 12.3. The Morgan fingerprint density at radius 1 is 1.14 bits per heavy atom. The predicted octanol–water partition coefficient (Wildman–Crippen LogP) is 3.30. The van der Waals surface area contributed by atoms with Gasteiger partial charge in [0.15, 0.2) is 0 Å². The number of carbonyl (C=O) groups is 1. The molecule has 0 aromatic heterocycles. The highest BCUT2D eigenvalue weighted by Gasteiger charge is 2.05. The molecule has 0 saturated heterocycles. The Labute approximate surface area is 135 Å². The third kappa shape index (κ3) is 5.06. The number of carbonyl (C=O) groups excluding carboxylic acids is 1. The van der Waals surface area contributed by atoms with Crippen molar-refractivity contribution < 1.29 is 14.3 Å². The smallest absolute Gasteiger partial charge is 0.251 e. The number of amides is 1. The van der Waals surface area contributed by atoms with E-state index in [9.17, 15) is 4.79 Å². The number of benzene rings is 2. The van der Waals surface area contributed by atoms with Crippen LogP contribution in [0.2, 0.25) is 5.02 Å². The Balaban J connectivity index is 1.85. The number of hydrogen-bond acceptors (Lipinski definition) is 3. The van der Waals surface area contributed by atoms with Crippen molar-refractivity contribution >= 4 is 17.5 Å². The molecule has 4 nitrogen and oxygen atoms in total. The van der Waals surface area contributed by atoms with E-state index in [1.165, 1.54) is 0 Å². The number of halogens is 1. The summed E-state index contributed by atoms with van der Waals surface area (Å²) in [6.07, 6.45) is 0. The van der Waals surface area contributed by atoms with Gasteiger partial charge in [-0.2, -0.15) is 0 Å². The Bertz CT molecular complexity index is 614. The molecule has 0 aliphatic heterocycles. The van der Waals surface area contributed by atoms with E-state index in [4.69, 9.17) is 21.1 Å². The molecule has 0 aliphatic rings. The molecular weight excluding hydrogens is 302 g/mol. The van der Waals surface area contributed by atoms with E-state index in [1.807, 2.05) is 24.3 Å². The first kappa shape index (κ1) is 16.3. The van der Waals surface area contributed by atoms with Crippen LogP contribution in [-0.2, 0) is 11.3 Å². The molecule has 2 rings (SSSR count). The first-order valence-corrected chi connectivity index (χ1v) is 7.31. The molecule has 0 heterocycles. The van der Waals surface area contributed by atoms with E-state index < -0.39 is 0 Å². The van der Waals surface area contributed by atoms with E-state index in [1.54, 1.807) is 31.4 Å². The van der Waals surface area contributed by atoms with E-state index in [-0.39, 0.29) is 5.91 Å². The van der Waals surface area contributed by atoms with Gasteiger partial charge in [0.05, 0.1) is 6.61 Å². The number of ether oxygens (including phenoxy) is 2. The van der Waals surface area contributed by atoms with Gasteiger partial charge in [0.25, 0.3) is 5.91 Å². The molecule has 0 spiro atoms. The van der Waals surface area contributed by atoms with Crippen LogP contribution in [-0.4, -0.2) is 26.2 Å². The SMILES string of the molecule is COCCOc1ccc(CNC(=O)c2cccc(Cl)c2)cc1. The van der Waals surface area contributed by atoms with Crippen molar-refractivity contribution in [3.05, 3.63) is 64.7 Å². The average Bonchev–Trinajstić information content (AvgIpc) is 2.54. The van der Waals surface area contributed by atoms with Crippen molar-refractivity contribution in [1.29, 1.82) is 0 Å². The standard InChI is InChI=1S/C17H18ClNO3/c1-21-9-10-22-16-7-5-13(6-8-16)12-19-17(20)14-3-2-4-15(18)11-14/h2-8,11H,9-10,12H2,1H3,(H,19,20). The van der Waals surface area contributed by atoms with E-state index in [2.05, 4.69) is 5.32 Å². The van der Waals surface area contributed by atoms with Gasteiger partial charge < -0.3 is 14.8 Å². The molecule has 5 heteroatoms. The zero-order chi connectivity index (χ0) is 15.8. The molecule has 1 amide bonds. The summed E-state index contributed by atoms with van der Waals surface area (Å²) in [6.45, 7) is 1.52. The lowest BCUT2D eigenvalue weighted by molar-refractivity contribution is 0.0951. The van der Waals surface area contributed by atoms with Gasteiger partial charge in [-0.3, -0.25) is 4.79 Å². The van der Waals surface area contributed by atoms with E-state index >= 15 is 0 Å². The molecule has 2 aromatic carbocycles. The van der Waals surface area contributed by atoms with Crippen molar-refractivity contribution in [2.75, 3.05) is 20.3 Å². The molecule has 0 aliphatic carbocycles. The quantitative estimate of drug-likeness (QED) is 0.797. The highest BCUT2D eigenvalue weighted by atomic mass is 35.5. The summed E-state index contributed by atoms with van der Waals surface area (Å²) in [7, 11) is 1.63. The van der Waals surface area contributed by atoms with Crippen LogP contribution in [0.25, 0.3) is 0 Å². The van der Waals surface area contributed by atoms with Crippen LogP contribution in [0.5, 0.6) is 5.75 Å². The number of hydrogen-bond donors (Lipinski definition) is 1. The maximum atomic E-state index is 12.0. The van der Waals surface area contributed by atoms with Crippen LogP contribution in [0.4, 0.5) is 0 Å². The van der Waals surface area contributed by atoms with E-state index in [0.29, 0.717) is 30.3 Å². The molecular formula is C17H18ClNO3. The lowest BCUT2D eigenvalue weighted by Crippen LogP contribution is -2.22. The highest BCUT2D eigenvalue weighted by Crippen LogP contribution is 2.13. The minimum Gasteiger partial charge on any atom is -0.491 e. The van der Waals surface area contributed by atoms with Gasteiger partial charge in [0, 0.05) is 24.2 Å². The summed E-state index contributed by atoms with van der Waals surface area (Å²) in [5.41, 5.74) is 1.54. The minimum absolute atomic E-state index is 0.150. The van der Waals surface area contributed by atoms with Crippen LogP contribution in [0.15, 0.2) is 48.5 Å². The fourth-order valence-electron chi connectivity index (χ4n) is 1.86. The molecule has 1 N–H and O–H groups in total. The number of rotatable bonds is 7. The molecule has 22 heavy (non-hydrogen) atoms. The van der Waals surface area contributed by atoms with Crippen LogP contribution >= 0.6 is 11.6 Å². The lowest BCUT2D eigenvalue weighted by atomic mass is 10.2. The Morgan fingerprint density at radius 2 is 1.91 bits per heavy atom. The molecule has 0 radical (unpaired) electrons.